The summed E-state index contributed by atoms with van der Waals surface area (Å²) in [5, 5.41) is 3.01. The summed E-state index contributed by atoms with van der Waals surface area (Å²) in [4.78, 5) is 41.2. The molecule has 0 radical (unpaired) electrons. The molecule has 1 N–H and O–H groups in total. The molecule has 3 aromatic carbocycles. The van der Waals surface area contributed by atoms with Crippen LogP contribution in [0.15, 0.2) is 83.3 Å². The van der Waals surface area contributed by atoms with Gasteiger partial charge in [-0.1, -0.05) is 77.5 Å². The zero-order valence-corrected chi connectivity index (χ0v) is 26.1. The summed E-state index contributed by atoms with van der Waals surface area (Å²) in [6.07, 6.45) is 1.96. The summed E-state index contributed by atoms with van der Waals surface area (Å²) in [7, 11) is -3.93. The second kappa shape index (κ2) is 14.4. The van der Waals surface area contributed by atoms with Crippen LogP contribution >= 0.6 is 15.9 Å². The molecule has 0 aliphatic carbocycles. The topological polar surface area (TPSA) is 104 Å². The van der Waals surface area contributed by atoms with Crippen molar-refractivity contribution in [3.05, 3.63) is 100 Å². The van der Waals surface area contributed by atoms with E-state index in [9.17, 15) is 22.8 Å². The molecule has 0 fully saturated rings. The van der Waals surface area contributed by atoms with Gasteiger partial charge < -0.3 is 10.2 Å². The van der Waals surface area contributed by atoms with Crippen molar-refractivity contribution in [2.24, 2.45) is 0 Å². The predicted molar refractivity (Wildman–Crippen MR) is 165 cm³/mol. The highest BCUT2D eigenvalue weighted by molar-refractivity contribution is 9.10. The zero-order valence-electron chi connectivity index (χ0n) is 23.7. The van der Waals surface area contributed by atoms with E-state index in [0.29, 0.717) is 12.0 Å². The van der Waals surface area contributed by atoms with Crippen LogP contribution in [-0.4, -0.2) is 55.8 Å². The van der Waals surface area contributed by atoms with Crippen molar-refractivity contribution in [2.75, 3.05) is 17.1 Å². The summed E-state index contributed by atoms with van der Waals surface area (Å²) in [5.74, 6) is -1.10. The van der Waals surface area contributed by atoms with Crippen LogP contribution in [0.2, 0.25) is 0 Å². The molecule has 10 heteroatoms. The van der Waals surface area contributed by atoms with Crippen LogP contribution in [0.4, 0.5) is 5.69 Å². The van der Waals surface area contributed by atoms with Gasteiger partial charge in [-0.3, -0.25) is 18.7 Å². The van der Waals surface area contributed by atoms with Crippen molar-refractivity contribution in [1.29, 1.82) is 0 Å². The normalized spacial score (nSPS) is 12.7. The van der Waals surface area contributed by atoms with Crippen LogP contribution < -0.4 is 9.62 Å². The minimum absolute atomic E-state index is 0.0859. The van der Waals surface area contributed by atoms with Gasteiger partial charge in [0.1, 0.15) is 12.6 Å². The van der Waals surface area contributed by atoms with Gasteiger partial charge in [-0.2, -0.15) is 0 Å². The molecule has 0 bridgehead atoms. The summed E-state index contributed by atoms with van der Waals surface area (Å²) in [5.41, 5.74) is 2.16. The Morgan fingerprint density at radius 1 is 0.927 bits per heavy atom. The molecule has 0 unspecified atom stereocenters. The lowest BCUT2D eigenvalue weighted by Crippen LogP contribution is -2.54. The van der Waals surface area contributed by atoms with Gasteiger partial charge >= 0.3 is 0 Å². The minimum Gasteiger partial charge on any atom is -0.352 e. The van der Waals surface area contributed by atoms with Crippen LogP contribution in [0.25, 0.3) is 0 Å². The zero-order chi connectivity index (χ0) is 30.2. The van der Waals surface area contributed by atoms with E-state index in [4.69, 9.17) is 0 Å². The molecular formula is C31H36BrN3O5S. The second-order valence-corrected chi connectivity index (χ2v) is 12.9. The number of anilines is 1. The molecule has 0 saturated carbocycles. The summed E-state index contributed by atoms with van der Waals surface area (Å²) >= 11 is 3.43. The molecule has 0 spiro atoms. The number of nitrogens with zero attached hydrogens (tertiary/aromatic N) is 2. The minimum atomic E-state index is -3.93. The van der Waals surface area contributed by atoms with E-state index < -0.39 is 28.5 Å². The first kappa shape index (κ1) is 32.0. The standard InChI is InChI=1S/C31H36BrN3O5S/c1-5-22(2)33-31(38)29(18-24-10-7-6-8-11-24)34(20-25-14-16-27(32)17-15-25)30(37)21-35(41(4,39)40)28-13-9-12-26(19-28)23(3)36/h6-17,19,22,29H,5,18,20-21H2,1-4H3,(H,33,38)/t22-,29+/m1/s1. The van der Waals surface area contributed by atoms with Gasteiger partial charge in [0.2, 0.25) is 21.8 Å². The lowest BCUT2D eigenvalue weighted by Gasteiger charge is -2.34. The number of halogens is 1. The number of rotatable bonds is 13. The molecule has 3 rings (SSSR count). The van der Waals surface area contributed by atoms with E-state index in [2.05, 4.69) is 21.2 Å². The number of hydrogen-bond acceptors (Lipinski definition) is 5. The van der Waals surface area contributed by atoms with Crippen molar-refractivity contribution in [3.8, 4) is 0 Å². The molecule has 0 aliphatic heterocycles. The largest absolute Gasteiger partial charge is 0.352 e. The maximum atomic E-state index is 14.1. The number of amides is 2. The lowest BCUT2D eigenvalue weighted by molar-refractivity contribution is -0.140. The highest BCUT2D eigenvalue weighted by Gasteiger charge is 2.33. The molecule has 3 aromatic rings. The van der Waals surface area contributed by atoms with E-state index in [0.717, 1.165) is 26.2 Å². The monoisotopic (exact) mass is 641 g/mol. The van der Waals surface area contributed by atoms with E-state index in [1.54, 1.807) is 12.1 Å². The molecular weight excluding hydrogens is 606 g/mol. The number of hydrogen-bond donors (Lipinski definition) is 1. The van der Waals surface area contributed by atoms with Crippen LogP contribution in [0.1, 0.15) is 48.7 Å². The number of carbonyl (C=O) groups excluding carboxylic acids is 3. The smallest absolute Gasteiger partial charge is 0.244 e. The Morgan fingerprint density at radius 2 is 1.59 bits per heavy atom. The van der Waals surface area contributed by atoms with Crippen molar-refractivity contribution in [2.45, 2.75) is 52.2 Å². The third-order valence-corrected chi connectivity index (χ3v) is 8.43. The van der Waals surface area contributed by atoms with Crippen LogP contribution in [0.3, 0.4) is 0 Å². The van der Waals surface area contributed by atoms with Crippen LogP contribution in [0.5, 0.6) is 0 Å². The van der Waals surface area contributed by atoms with Crippen molar-refractivity contribution < 1.29 is 22.8 Å². The fourth-order valence-electron chi connectivity index (χ4n) is 4.28. The average molecular weight is 643 g/mol. The number of Topliss-reactive ketones (excluding diaryl/α,β-unsaturated/α-hetero) is 1. The van der Waals surface area contributed by atoms with E-state index >= 15 is 0 Å². The quantitative estimate of drug-likeness (QED) is 0.265. The Morgan fingerprint density at radius 3 is 2.17 bits per heavy atom. The van der Waals surface area contributed by atoms with Crippen molar-refractivity contribution in [1.82, 2.24) is 10.2 Å². The second-order valence-electron chi connectivity index (χ2n) is 10.0. The third-order valence-electron chi connectivity index (χ3n) is 6.76. The van der Waals surface area contributed by atoms with Gasteiger partial charge in [-0.15, -0.1) is 0 Å². The Hall–Kier alpha value is -3.50. The van der Waals surface area contributed by atoms with Crippen molar-refractivity contribution >= 4 is 49.2 Å². The molecule has 0 heterocycles. The predicted octanol–water partition coefficient (Wildman–Crippen LogP) is 4.97. The van der Waals surface area contributed by atoms with E-state index in [1.165, 1.54) is 24.0 Å². The first-order valence-corrected chi connectivity index (χ1v) is 16.0. The summed E-state index contributed by atoms with van der Waals surface area (Å²) < 4.78 is 27.7. The SMILES string of the molecule is CC[C@@H](C)NC(=O)[C@H](Cc1ccccc1)N(Cc1ccc(Br)cc1)C(=O)CN(c1cccc(C(C)=O)c1)S(C)(=O)=O. The maximum absolute atomic E-state index is 14.1. The third kappa shape index (κ3) is 9.26. The Balaban J connectivity index is 2.07. The van der Waals surface area contributed by atoms with Crippen LogP contribution in [-0.2, 0) is 32.6 Å². The molecule has 0 aromatic heterocycles. The van der Waals surface area contributed by atoms with Gasteiger partial charge in [0, 0.05) is 29.0 Å². The van der Waals surface area contributed by atoms with E-state index in [-0.39, 0.29) is 36.4 Å². The average Bonchev–Trinajstić information content (AvgIpc) is 2.94. The fraction of sp³-hybridized carbons (Fsp3) is 0.323. The fourth-order valence-corrected chi connectivity index (χ4v) is 5.38. The van der Waals surface area contributed by atoms with Gasteiger partial charge in [0.05, 0.1) is 11.9 Å². The number of benzene rings is 3. The molecule has 41 heavy (non-hydrogen) atoms. The summed E-state index contributed by atoms with van der Waals surface area (Å²) in [6.45, 7) is 4.78. The Labute approximate surface area is 250 Å². The highest BCUT2D eigenvalue weighted by Crippen LogP contribution is 2.22. The Bertz CT molecular complexity index is 1460. The molecule has 2 atom stereocenters. The number of carbonyl (C=O) groups is 3. The number of nitrogens with one attached hydrogen (secondary N) is 1. The van der Waals surface area contributed by atoms with Crippen molar-refractivity contribution in [3.63, 3.8) is 0 Å². The van der Waals surface area contributed by atoms with Gasteiger partial charge in [0.15, 0.2) is 5.78 Å². The first-order valence-electron chi connectivity index (χ1n) is 13.4. The van der Waals surface area contributed by atoms with Gasteiger partial charge in [0.25, 0.3) is 0 Å². The molecule has 0 aliphatic rings. The van der Waals surface area contributed by atoms with Gasteiger partial charge in [-0.05, 0) is 55.7 Å². The molecule has 218 valence electrons. The summed E-state index contributed by atoms with van der Waals surface area (Å²) in [6, 6.07) is 21.9. The highest BCUT2D eigenvalue weighted by atomic mass is 79.9. The first-order chi connectivity index (χ1) is 19.4. The number of ketones is 1. The number of sulfonamides is 1. The lowest BCUT2D eigenvalue weighted by atomic mass is 10.0. The van der Waals surface area contributed by atoms with Gasteiger partial charge in [-0.25, -0.2) is 8.42 Å². The molecule has 8 nitrogen and oxygen atoms in total. The van der Waals surface area contributed by atoms with E-state index in [1.807, 2.05) is 68.4 Å². The molecule has 0 saturated heterocycles. The maximum Gasteiger partial charge on any atom is 0.244 e. The van der Waals surface area contributed by atoms with Crippen LogP contribution in [0, 0.1) is 0 Å². The molecule has 2 amide bonds. The Kier molecular flexibility index (Phi) is 11.3.